The van der Waals surface area contributed by atoms with Crippen LogP contribution in [0.15, 0.2) is 24.3 Å². The van der Waals surface area contributed by atoms with E-state index in [-0.39, 0.29) is 11.7 Å². The van der Waals surface area contributed by atoms with Crippen LogP contribution in [0, 0.1) is 5.82 Å². The summed E-state index contributed by atoms with van der Waals surface area (Å²) in [5.41, 5.74) is 1.13. The highest BCUT2D eigenvalue weighted by molar-refractivity contribution is 5.78. The first kappa shape index (κ1) is 11.1. The number of carbonyl (C=O) groups is 1. The SMILES string of the molecule is O=C1CNC(CCc2ccc(F)cc2)CN1. The molecule has 0 spiro atoms. The van der Waals surface area contributed by atoms with Crippen molar-refractivity contribution in [3.63, 3.8) is 0 Å². The highest BCUT2D eigenvalue weighted by Crippen LogP contribution is 2.07. The predicted molar refractivity (Wildman–Crippen MR) is 59.5 cm³/mol. The second-order valence-electron chi connectivity index (χ2n) is 4.05. The monoisotopic (exact) mass is 222 g/mol. The molecule has 2 N–H and O–H groups in total. The summed E-state index contributed by atoms with van der Waals surface area (Å²) in [6.45, 7) is 1.08. The minimum absolute atomic E-state index is 0.0537. The zero-order valence-electron chi connectivity index (χ0n) is 9.00. The number of hydrogen-bond donors (Lipinski definition) is 2. The zero-order chi connectivity index (χ0) is 11.4. The minimum Gasteiger partial charge on any atom is -0.353 e. The highest BCUT2D eigenvalue weighted by Gasteiger charge is 2.16. The fraction of sp³-hybridized carbons (Fsp3) is 0.417. The molecule has 0 saturated carbocycles. The van der Waals surface area contributed by atoms with E-state index in [0.717, 1.165) is 18.4 Å². The maximum absolute atomic E-state index is 12.7. The van der Waals surface area contributed by atoms with Gasteiger partial charge in [0.2, 0.25) is 5.91 Å². The van der Waals surface area contributed by atoms with Crippen LogP contribution in [0.3, 0.4) is 0 Å². The van der Waals surface area contributed by atoms with Gasteiger partial charge >= 0.3 is 0 Å². The van der Waals surface area contributed by atoms with Crippen molar-refractivity contribution in [3.05, 3.63) is 35.6 Å². The number of nitrogens with one attached hydrogen (secondary N) is 2. The highest BCUT2D eigenvalue weighted by atomic mass is 19.1. The van der Waals surface area contributed by atoms with Gasteiger partial charge in [-0.05, 0) is 30.5 Å². The molecule has 3 nitrogen and oxygen atoms in total. The van der Waals surface area contributed by atoms with Gasteiger partial charge in [0, 0.05) is 12.6 Å². The van der Waals surface area contributed by atoms with Crippen molar-refractivity contribution in [3.8, 4) is 0 Å². The van der Waals surface area contributed by atoms with E-state index in [1.54, 1.807) is 12.1 Å². The molecule has 1 aromatic carbocycles. The average Bonchev–Trinajstić information content (AvgIpc) is 2.30. The molecule has 1 aliphatic heterocycles. The maximum Gasteiger partial charge on any atom is 0.234 e. The van der Waals surface area contributed by atoms with Crippen LogP contribution in [0.2, 0.25) is 0 Å². The van der Waals surface area contributed by atoms with Crippen molar-refractivity contribution in [1.82, 2.24) is 10.6 Å². The van der Waals surface area contributed by atoms with Crippen molar-refractivity contribution in [2.24, 2.45) is 0 Å². The lowest BCUT2D eigenvalue weighted by atomic mass is 10.0. The number of rotatable bonds is 3. The molecular formula is C12H15FN2O. The first-order valence-electron chi connectivity index (χ1n) is 5.48. The van der Waals surface area contributed by atoms with E-state index in [1.165, 1.54) is 12.1 Å². The molecule has 1 aromatic rings. The number of benzene rings is 1. The first-order valence-corrected chi connectivity index (χ1v) is 5.48. The Bertz CT molecular complexity index is 354. The maximum atomic E-state index is 12.7. The molecule has 16 heavy (non-hydrogen) atoms. The van der Waals surface area contributed by atoms with Gasteiger partial charge in [-0.1, -0.05) is 12.1 Å². The van der Waals surface area contributed by atoms with Gasteiger partial charge in [-0.25, -0.2) is 4.39 Å². The predicted octanol–water partition coefficient (Wildman–Crippen LogP) is 0.846. The average molecular weight is 222 g/mol. The van der Waals surface area contributed by atoms with Crippen molar-refractivity contribution < 1.29 is 9.18 Å². The lowest BCUT2D eigenvalue weighted by Gasteiger charge is -2.23. The van der Waals surface area contributed by atoms with Gasteiger partial charge in [0.25, 0.3) is 0 Å². The third-order valence-corrected chi connectivity index (χ3v) is 2.79. The number of amides is 1. The Kier molecular flexibility index (Phi) is 3.51. The van der Waals surface area contributed by atoms with Gasteiger partial charge in [-0.3, -0.25) is 4.79 Å². The van der Waals surface area contributed by atoms with Gasteiger partial charge in [-0.15, -0.1) is 0 Å². The van der Waals surface area contributed by atoms with Crippen LogP contribution in [0.4, 0.5) is 4.39 Å². The number of halogens is 1. The van der Waals surface area contributed by atoms with Crippen molar-refractivity contribution in [2.45, 2.75) is 18.9 Å². The zero-order valence-corrected chi connectivity index (χ0v) is 9.00. The largest absolute Gasteiger partial charge is 0.353 e. The quantitative estimate of drug-likeness (QED) is 0.796. The topological polar surface area (TPSA) is 41.1 Å². The smallest absolute Gasteiger partial charge is 0.234 e. The molecule has 1 unspecified atom stereocenters. The van der Waals surface area contributed by atoms with Crippen LogP contribution in [0.5, 0.6) is 0 Å². The lowest BCUT2D eigenvalue weighted by Crippen LogP contribution is -2.51. The molecule has 4 heteroatoms. The molecule has 0 aliphatic carbocycles. The number of carbonyl (C=O) groups excluding carboxylic acids is 1. The van der Waals surface area contributed by atoms with Crippen molar-refractivity contribution in [2.75, 3.05) is 13.1 Å². The standard InChI is InChI=1S/C12H15FN2O/c13-10-4-1-9(2-5-10)3-6-11-7-15-12(16)8-14-11/h1-2,4-5,11,14H,3,6-8H2,(H,15,16). The molecule has 0 aromatic heterocycles. The van der Waals surface area contributed by atoms with E-state index < -0.39 is 0 Å². The van der Waals surface area contributed by atoms with Crippen LogP contribution in [-0.2, 0) is 11.2 Å². The van der Waals surface area contributed by atoms with E-state index in [9.17, 15) is 9.18 Å². The second kappa shape index (κ2) is 5.07. The number of piperazine rings is 1. The summed E-state index contributed by atoms with van der Waals surface area (Å²) in [4.78, 5) is 10.9. The van der Waals surface area contributed by atoms with Crippen LogP contribution in [0.1, 0.15) is 12.0 Å². The Hall–Kier alpha value is -1.42. The van der Waals surface area contributed by atoms with E-state index in [4.69, 9.17) is 0 Å². The lowest BCUT2D eigenvalue weighted by molar-refractivity contribution is -0.121. The molecule has 1 heterocycles. The number of aryl methyl sites for hydroxylation is 1. The Balaban J connectivity index is 1.79. The van der Waals surface area contributed by atoms with Gasteiger partial charge in [0.1, 0.15) is 5.82 Å². The van der Waals surface area contributed by atoms with Gasteiger partial charge in [0.15, 0.2) is 0 Å². The first-order chi connectivity index (χ1) is 7.74. The summed E-state index contributed by atoms with van der Waals surface area (Å²) in [6, 6.07) is 6.88. The third-order valence-electron chi connectivity index (χ3n) is 2.79. The normalized spacial score (nSPS) is 20.6. The van der Waals surface area contributed by atoms with Crippen LogP contribution >= 0.6 is 0 Å². The summed E-state index contributed by atoms with van der Waals surface area (Å²) < 4.78 is 12.7. The summed E-state index contributed by atoms with van der Waals surface area (Å²) in [6.07, 6.45) is 1.85. The summed E-state index contributed by atoms with van der Waals surface area (Å²) in [5, 5.41) is 5.98. The van der Waals surface area contributed by atoms with Crippen LogP contribution in [0.25, 0.3) is 0 Å². The molecule has 86 valence electrons. The van der Waals surface area contributed by atoms with Crippen LogP contribution < -0.4 is 10.6 Å². The molecule has 2 rings (SSSR count). The van der Waals surface area contributed by atoms with Gasteiger partial charge < -0.3 is 10.6 Å². The summed E-state index contributed by atoms with van der Waals surface area (Å²) in [7, 11) is 0. The molecule has 1 amide bonds. The fourth-order valence-corrected chi connectivity index (χ4v) is 1.80. The van der Waals surface area contributed by atoms with E-state index >= 15 is 0 Å². The Morgan fingerprint density at radius 1 is 1.31 bits per heavy atom. The Labute approximate surface area is 94.0 Å². The molecule has 0 bridgehead atoms. The minimum atomic E-state index is -0.202. The molecule has 1 fully saturated rings. The van der Waals surface area contributed by atoms with Gasteiger partial charge in [0.05, 0.1) is 6.54 Å². The van der Waals surface area contributed by atoms with E-state index in [2.05, 4.69) is 10.6 Å². The van der Waals surface area contributed by atoms with E-state index in [0.29, 0.717) is 19.1 Å². The summed E-state index contributed by atoms with van der Waals surface area (Å²) in [5.74, 6) is -0.148. The number of hydrogen-bond acceptors (Lipinski definition) is 2. The Morgan fingerprint density at radius 2 is 2.06 bits per heavy atom. The van der Waals surface area contributed by atoms with Gasteiger partial charge in [-0.2, -0.15) is 0 Å². The molecular weight excluding hydrogens is 207 g/mol. The van der Waals surface area contributed by atoms with Crippen LogP contribution in [-0.4, -0.2) is 25.0 Å². The molecule has 1 saturated heterocycles. The third kappa shape index (κ3) is 3.03. The fourth-order valence-electron chi connectivity index (χ4n) is 1.80. The Morgan fingerprint density at radius 3 is 2.69 bits per heavy atom. The molecule has 1 aliphatic rings. The van der Waals surface area contributed by atoms with Crippen molar-refractivity contribution in [1.29, 1.82) is 0 Å². The van der Waals surface area contributed by atoms with Crippen molar-refractivity contribution >= 4 is 5.91 Å². The summed E-state index contributed by atoms with van der Waals surface area (Å²) >= 11 is 0. The van der Waals surface area contributed by atoms with E-state index in [1.807, 2.05) is 0 Å². The second-order valence-corrected chi connectivity index (χ2v) is 4.05. The molecule has 1 atom stereocenters. The molecule has 0 radical (unpaired) electrons.